The van der Waals surface area contributed by atoms with E-state index in [0.717, 1.165) is 32.1 Å². The van der Waals surface area contributed by atoms with Gasteiger partial charge in [-0.25, -0.2) is 0 Å². The van der Waals surface area contributed by atoms with Gasteiger partial charge in [0.15, 0.2) is 0 Å². The highest BCUT2D eigenvalue weighted by molar-refractivity contribution is 5.73. The Morgan fingerprint density at radius 3 is 1.68 bits per heavy atom. The first kappa shape index (κ1) is 27.5. The monoisotopic (exact) mass is 396 g/mol. The van der Waals surface area contributed by atoms with Crippen LogP contribution in [-0.4, -0.2) is 12.1 Å². The molecule has 0 aromatic rings. The fraction of sp³-hybridized carbons (Fsp3) is 0.962. The molecule has 0 bridgehead atoms. The van der Waals surface area contributed by atoms with E-state index in [9.17, 15) is 4.79 Å². The minimum Gasteiger partial charge on any atom is -0.462 e. The van der Waals surface area contributed by atoms with Crippen molar-refractivity contribution < 1.29 is 9.53 Å². The van der Waals surface area contributed by atoms with E-state index in [2.05, 4.69) is 83.1 Å². The van der Waals surface area contributed by atoms with E-state index in [1.807, 2.05) is 0 Å². The van der Waals surface area contributed by atoms with Crippen LogP contribution < -0.4 is 0 Å². The Morgan fingerprint density at radius 1 is 0.786 bits per heavy atom. The molecule has 0 heterocycles. The van der Waals surface area contributed by atoms with E-state index in [0.29, 0.717) is 17.3 Å². The predicted octanol–water partition coefficient (Wildman–Crippen LogP) is 8.29. The zero-order valence-corrected chi connectivity index (χ0v) is 21.4. The van der Waals surface area contributed by atoms with Crippen LogP contribution in [0.15, 0.2) is 0 Å². The lowest BCUT2D eigenvalue weighted by atomic mass is 9.76. The van der Waals surface area contributed by atoms with Crippen molar-refractivity contribution in [2.24, 2.45) is 34.0 Å². The summed E-state index contributed by atoms with van der Waals surface area (Å²) in [5.41, 5.74) is 0.551. The lowest BCUT2D eigenvalue weighted by Crippen LogP contribution is -2.36. The molecule has 0 aliphatic rings. The number of esters is 1. The highest BCUT2D eigenvalue weighted by atomic mass is 16.5. The maximum absolute atomic E-state index is 13.3. The van der Waals surface area contributed by atoms with E-state index in [1.165, 1.54) is 6.42 Å². The molecule has 0 N–H and O–H groups in total. The largest absolute Gasteiger partial charge is 0.462 e. The van der Waals surface area contributed by atoms with Crippen LogP contribution in [-0.2, 0) is 9.53 Å². The Morgan fingerprint density at radius 2 is 1.29 bits per heavy atom. The molecule has 0 saturated carbocycles. The average molecular weight is 397 g/mol. The molecule has 2 nitrogen and oxygen atoms in total. The SMILES string of the molecule is CCCC(OC(=O)C(CCC(C)CC(C)(C)C)C(C)CC(C)(C)C)C(C)(C)C. The molecular weight excluding hydrogens is 344 g/mol. The Hall–Kier alpha value is -0.530. The third kappa shape index (κ3) is 12.1. The van der Waals surface area contributed by atoms with Gasteiger partial charge >= 0.3 is 5.97 Å². The molecule has 0 aromatic carbocycles. The van der Waals surface area contributed by atoms with Gasteiger partial charge < -0.3 is 4.74 Å². The fourth-order valence-corrected chi connectivity index (χ4v) is 4.51. The lowest BCUT2D eigenvalue weighted by Gasteiger charge is -2.34. The van der Waals surface area contributed by atoms with Crippen LogP contribution in [0.4, 0.5) is 0 Å². The molecule has 0 saturated heterocycles. The minimum absolute atomic E-state index is 0.00124. The summed E-state index contributed by atoms with van der Waals surface area (Å²) in [4.78, 5) is 13.3. The van der Waals surface area contributed by atoms with Crippen molar-refractivity contribution in [1.82, 2.24) is 0 Å². The number of hydrogen-bond donors (Lipinski definition) is 0. The fourth-order valence-electron chi connectivity index (χ4n) is 4.51. The van der Waals surface area contributed by atoms with Crippen LogP contribution >= 0.6 is 0 Å². The number of hydrogen-bond acceptors (Lipinski definition) is 2. The molecule has 0 aliphatic heterocycles. The van der Waals surface area contributed by atoms with E-state index in [1.54, 1.807) is 0 Å². The summed E-state index contributed by atoms with van der Waals surface area (Å²) in [6.45, 7) is 27.0. The summed E-state index contributed by atoms with van der Waals surface area (Å²) in [5, 5.41) is 0. The van der Waals surface area contributed by atoms with Crippen molar-refractivity contribution in [1.29, 1.82) is 0 Å². The van der Waals surface area contributed by atoms with E-state index in [-0.39, 0.29) is 28.8 Å². The average Bonchev–Trinajstić information content (AvgIpc) is 2.42. The predicted molar refractivity (Wildman–Crippen MR) is 123 cm³/mol. The van der Waals surface area contributed by atoms with Gasteiger partial charge in [0.25, 0.3) is 0 Å². The molecule has 0 fully saturated rings. The molecule has 28 heavy (non-hydrogen) atoms. The van der Waals surface area contributed by atoms with Crippen molar-refractivity contribution in [2.45, 2.75) is 128 Å². The third-order valence-electron chi connectivity index (χ3n) is 5.63. The van der Waals surface area contributed by atoms with Crippen molar-refractivity contribution in [2.75, 3.05) is 0 Å². The molecule has 0 aromatic heterocycles. The zero-order chi connectivity index (χ0) is 22.3. The van der Waals surface area contributed by atoms with E-state index in [4.69, 9.17) is 4.74 Å². The van der Waals surface area contributed by atoms with Gasteiger partial charge in [-0.1, -0.05) is 89.5 Å². The second-order valence-electron chi connectivity index (χ2n) is 12.9. The van der Waals surface area contributed by atoms with Crippen LogP contribution in [0.5, 0.6) is 0 Å². The molecule has 0 spiro atoms. The van der Waals surface area contributed by atoms with E-state index >= 15 is 0 Å². The van der Waals surface area contributed by atoms with Gasteiger partial charge in [-0.2, -0.15) is 0 Å². The molecule has 4 unspecified atom stereocenters. The molecule has 2 heteroatoms. The second-order valence-corrected chi connectivity index (χ2v) is 12.9. The van der Waals surface area contributed by atoms with Gasteiger partial charge in [-0.15, -0.1) is 0 Å². The maximum Gasteiger partial charge on any atom is 0.309 e. The highest BCUT2D eigenvalue weighted by Gasteiger charge is 2.34. The summed E-state index contributed by atoms with van der Waals surface area (Å²) in [7, 11) is 0. The first-order valence-corrected chi connectivity index (χ1v) is 11.7. The zero-order valence-electron chi connectivity index (χ0n) is 21.4. The summed E-state index contributed by atoms with van der Waals surface area (Å²) in [6, 6.07) is 0. The molecule has 0 aliphatic carbocycles. The quantitative estimate of drug-likeness (QED) is 0.347. The normalized spacial score (nSPS) is 17.7. The first-order chi connectivity index (χ1) is 12.5. The van der Waals surface area contributed by atoms with Crippen molar-refractivity contribution >= 4 is 5.97 Å². The Kier molecular flexibility index (Phi) is 10.8. The molecule has 0 rings (SSSR count). The molecule has 168 valence electrons. The molecule has 4 atom stereocenters. The van der Waals surface area contributed by atoms with Gasteiger partial charge in [-0.05, 0) is 60.2 Å². The van der Waals surface area contributed by atoms with Gasteiger partial charge in [0.2, 0.25) is 0 Å². The highest BCUT2D eigenvalue weighted by Crippen LogP contribution is 2.35. The van der Waals surface area contributed by atoms with Crippen LogP contribution in [0.2, 0.25) is 0 Å². The minimum atomic E-state index is -0.0109. The number of carbonyl (C=O) groups excluding carboxylic acids is 1. The van der Waals surface area contributed by atoms with E-state index < -0.39 is 0 Å². The van der Waals surface area contributed by atoms with Crippen molar-refractivity contribution in [3.05, 3.63) is 0 Å². The standard InChI is InChI=1S/C26H52O2/c1-13-14-22(26(10,11)12)28-23(27)21(20(3)18-25(7,8)9)16-15-19(2)17-24(4,5)6/h19-22H,13-18H2,1-12H3. The number of carbonyl (C=O) groups is 1. The Balaban J connectivity index is 5.27. The second kappa shape index (κ2) is 11.0. The molecule has 0 amide bonds. The van der Waals surface area contributed by atoms with Crippen LogP contribution in [0, 0.1) is 34.0 Å². The number of rotatable bonds is 10. The smallest absolute Gasteiger partial charge is 0.309 e. The topological polar surface area (TPSA) is 26.3 Å². The first-order valence-electron chi connectivity index (χ1n) is 11.7. The van der Waals surface area contributed by atoms with Crippen LogP contribution in [0.25, 0.3) is 0 Å². The van der Waals surface area contributed by atoms with Crippen LogP contribution in [0.3, 0.4) is 0 Å². The van der Waals surface area contributed by atoms with Gasteiger partial charge in [0, 0.05) is 0 Å². The van der Waals surface area contributed by atoms with Crippen molar-refractivity contribution in [3.8, 4) is 0 Å². The third-order valence-corrected chi connectivity index (χ3v) is 5.63. The Bertz CT molecular complexity index is 445. The van der Waals surface area contributed by atoms with Crippen LogP contribution in [0.1, 0.15) is 122 Å². The maximum atomic E-state index is 13.3. The molecule has 0 radical (unpaired) electrons. The summed E-state index contributed by atoms with van der Waals surface area (Å²) >= 11 is 0. The van der Waals surface area contributed by atoms with Crippen molar-refractivity contribution in [3.63, 3.8) is 0 Å². The van der Waals surface area contributed by atoms with Gasteiger partial charge in [0.1, 0.15) is 6.10 Å². The molecular formula is C26H52O2. The Labute approximate surface area is 177 Å². The summed E-state index contributed by atoms with van der Waals surface area (Å²) < 4.78 is 6.15. The number of ether oxygens (including phenoxy) is 1. The van der Waals surface area contributed by atoms with Gasteiger partial charge in [-0.3, -0.25) is 4.79 Å². The van der Waals surface area contributed by atoms with Gasteiger partial charge in [0.05, 0.1) is 5.92 Å². The summed E-state index contributed by atoms with van der Waals surface area (Å²) in [5.74, 6) is 1.01. The summed E-state index contributed by atoms with van der Waals surface area (Å²) in [6.07, 6.45) is 6.27. The lowest BCUT2D eigenvalue weighted by molar-refractivity contribution is -0.163.